The van der Waals surface area contributed by atoms with Gasteiger partial charge in [0.05, 0.1) is 34.1 Å². The summed E-state index contributed by atoms with van der Waals surface area (Å²) in [5.74, 6) is -0.669. The minimum Gasteiger partial charge on any atom is -0.618 e. The number of pyridine rings is 2. The maximum Gasteiger partial charge on any atom is 0.217 e. The van der Waals surface area contributed by atoms with Crippen LogP contribution in [0.15, 0.2) is 73.7 Å². The number of hydrogen-bond acceptors (Lipinski definition) is 7. The van der Waals surface area contributed by atoms with E-state index >= 15 is 4.39 Å². The molecular weight excluding hydrogens is 511 g/mol. The van der Waals surface area contributed by atoms with E-state index < -0.39 is 11.9 Å². The number of nitrogens with zero attached hydrogens (tertiary/aromatic N) is 8. The molecule has 0 bridgehead atoms. The molecule has 6 rings (SSSR count). The molecule has 4 aromatic heterocycles. The van der Waals surface area contributed by atoms with Gasteiger partial charge in [0.25, 0.3) is 0 Å². The molecule has 192 valence electrons. The zero-order chi connectivity index (χ0) is 26.1. The quantitative estimate of drug-likeness (QED) is 0.228. The van der Waals surface area contributed by atoms with Crippen LogP contribution in [0, 0.1) is 11.0 Å². The molecule has 1 fully saturated rings. The highest BCUT2D eigenvalue weighted by molar-refractivity contribution is 6.31. The molecule has 0 aliphatic carbocycles. The van der Waals surface area contributed by atoms with Gasteiger partial charge in [0.2, 0.25) is 5.69 Å². The first-order chi connectivity index (χ1) is 18.6. The summed E-state index contributed by atoms with van der Waals surface area (Å²) in [6, 6.07) is 9.82. The SMILES string of the molecule is [O-][n+]1cc(-c2c(-n3cnnn3)ccc(Cl)c2F)ccc1C(CC1CCCO1)n1cc(-c2ccncc2)cn1. The average Bonchev–Trinajstić information content (AvgIpc) is 3.73. The van der Waals surface area contributed by atoms with Gasteiger partial charge in [0, 0.05) is 43.2 Å². The third-order valence-electron chi connectivity index (χ3n) is 6.69. The van der Waals surface area contributed by atoms with Crippen LogP contribution in [-0.4, -0.2) is 47.7 Å². The third-order valence-corrected chi connectivity index (χ3v) is 6.98. The Kier molecular flexibility index (Phi) is 6.52. The minimum atomic E-state index is -0.669. The van der Waals surface area contributed by atoms with Gasteiger partial charge in [0.1, 0.15) is 12.4 Å². The molecular formula is C26H22ClFN8O2. The molecule has 1 aliphatic rings. The summed E-state index contributed by atoms with van der Waals surface area (Å²) in [4.78, 5) is 4.07. The summed E-state index contributed by atoms with van der Waals surface area (Å²) in [7, 11) is 0. The molecule has 2 atom stereocenters. The van der Waals surface area contributed by atoms with Gasteiger partial charge < -0.3 is 9.94 Å². The molecule has 1 aliphatic heterocycles. The van der Waals surface area contributed by atoms with Crippen LogP contribution in [0.1, 0.15) is 31.0 Å². The molecule has 0 amide bonds. The molecule has 38 heavy (non-hydrogen) atoms. The first-order valence-corrected chi connectivity index (χ1v) is 12.5. The van der Waals surface area contributed by atoms with E-state index in [1.54, 1.807) is 41.5 Å². The minimum absolute atomic E-state index is 0.00467. The summed E-state index contributed by atoms with van der Waals surface area (Å²) < 4.78 is 25.0. The van der Waals surface area contributed by atoms with Crippen molar-refractivity contribution in [2.45, 2.75) is 31.4 Å². The number of aromatic nitrogens is 8. The average molecular weight is 533 g/mol. The van der Waals surface area contributed by atoms with Crippen LogP contribution in [0.4, 0.5) is 4.39 Å². The van der Waals surface area contributed by atoms with Crippen LogP contribution < -0.4 is 4.73 Å². The van der Waals surface area contributed by atoms with Gasteiger partial charge in [-0.15, -0.1) is 5.10 Å². The molecule has 0 spiro atoms. The first-order valence-electron chi connectivity index (χ1n) is 12.1. The molecule has 0 N–H and O–H groups in total. The zero-order valence-electron chi connectivity index (χ0n) is 20.1. The Labute approximate surface area is 221 Å². The highest BCUT2D eigenvalue weighted by atomic mass is 35.5. The smallest absolute Gasteiger partial charge is 0.217 e. The zero-order valence-corrected chi connectivity index (χ0v) is 20.8. The van der Waals surface area contributed by atoms with Crippen LogP contribution in [0.3, 0.4) is 0 Å². The lowest BCUT2D eigenvalue weighted by atomic mass is 10.0. The van der Waals surface area contributed by atoms with Crippen molar-refractivity contribution >= 4 is 11.6 Å². The fourth-order valence-electron chi connectivity index (χ4n) is 4.82. The molecule has 5 aromatic rings. The number of halogens is 2. The van der Waals surface area contributed by atoms with E-state index in [9.17, 15) is 5.21 Å². The van der Waals surface area contributed by atoms with Crippen molar-refractivity contribution in [3.63, 3.8) is 0 Å². The summed E-state index contributed by atoms with van der Waals surface area (Å²) in [5.41, 5.74) is 3.15. The van der Waals surface area contributed by atoms with Gasteiger partial charge in [-0.05, 0) is 59.2 Å². The Bertz CT molecular complexity index is 1560. The van der Waals surface area contributed by atoms with Crippen LogP contribution >= 0.6 is 11.6 Å². The summed E-state index contributed by atoms with van der Waals surface area (Å²) in [6.07, 6.45) is 12.3. The highest BCUT2D eigenvalue weighted by Gasteiger charge is 2.30. The van der Waals surface area contributed by atoms with Crippen molar-refractivity contribution in [3.05, 3.63) is 95.5 Å². The lowest BCUT2D eigenvalue weighted by Crippen LogP contribution is -2.36. The topological polar surface area (TPSA) is 110 Å². The molecule has 0 radical (unpaired) electrons. The molecule has 5 heterocycles. The van der Waals surface area contributed by atoms with E-state index in [0.29, 0.717) is 30.0 Å². The molecule has 2 unspecified atom stereocenters. The number of tetrazole rings is 1. The van der Waals surface area contributed by atoms with Crippen LogP contribution in [0.2, 0.25) is 5.02 Å². The van der Waals surface area contributed by atoms with Crippen molar-refractivity contribution in [2.75, 3.05) is 6.61 Å². The van der Waals surface area contributed by atoms with Crippen LogP contribution in [-0.2, 0) is 4.74 Å². The first kappa shape index (κ1) is 24.1. The summed E-state index contributed by atoms with van der Waals surface area (Å²) in [5, 5.41) is 29.1. The fraction of sp³-hybridized carbons (Fsp3) is 0.231. The maximum atomic E-state index is 15.3. The van der Waals surface area contributed by atoms with Crippen LogP contribution in [0.25, 0.3) is 27.9 Å². The Morgan fingerprint density at radius 1 is 1.13 bits per heavy atom. The number of hydrogen-bond donors (Lipinski definition) is 0. The number of ether oxygens (including phenoxy) is 1. The van der Waals surface area contributed by atoms with Gasteiger partial charge in [0.15, 0.2) is 12.0 Å². The normalized spacial score (nSPS) is 16.1. The Morgan fingerprint density at radius 2 is 2.00 bits per heavy atom. The van der Waals surface area contributed by atoms with Gasteiger partial charge in [-0.3, -0.25) is 9.67 Å². The van der Waals surface area contributed by atoms with Gasteiger partial charge in [-0.2, -0.15) is 14.5 Å². The monoisotopic (exact) mass is 532 g/mol. The van der Waals surface area contributed by atoms with Gasteiger partial charge in [-0.25, -0.2) is 4.39 Å². The highest BCUT2D eigenvalue weighted by Crippen LogP contribution is 2.34. The largest absolute Gasteiger partial charge is 0.618 e. The Hall–Kier alpha value is -4.22. The maximum absolute atomic E-state index is 15.3. The molecule has 1 saturated heterocycles. The van der Waals surface area contributed by atoms with Crippen molar-refractivity contribution < 1.29 is 13.9 Å². The molecule has 1 aromatic carbocycles. The molecule has 10 nitrogen and oxygen atoms in total. The van der Waals surface area contributed by atoms with E-state index in [4.69, 9.17) is 16.3 Å². The lowest BCUT2D eigenvalue weighted by molar-refractivity contribution is -0.615. The van der Waals surface area contributed by atoms with E-state index in [2.05, 4.69) is 25.6 Å². The van der Waals surface area contributed by atoms with Crippen molar-refractivity contribution in [1.82, 2.24) is 35.0 Å². The van der Waals surface area contributed by atoms with E-state index in [1.807, 2.05) is 18.3 Å². The van der Waals surface area contributed by atoms with E-state index in [0.717, 1.165) is 28.7 Å². The van der Waals surface area contributed by atoms with Crippen LogP contribution in [0.5, 0.6) is 0 Å². The Balaban J connectivity index is 1.41. The van der Waals surface area contributed by atoms with E-state index in [1.165, 1.54) is 23.3 Å². The second-order valence-corrected chi connectivity index (χ2v) is 9.42. The standard InChI is InChI=1S/C26H22ClFN8O2/c27-21-4-6-23(35-16-30-32-33-35)25(26(21)28)18-3-5-22(36(37)15-18)24(12-20-2-1-11-38-20)34-14-19(13-31-34)17-7-9-29-10-8-17/h3-10,13-16,20,24H,1-2,11-12H2. The third kappa shape index (κ3) is 4.61. The summed E-state index contributed by atoms with van der Waals surface area (Å²) in [6.45, 7) is 0.697. The van der Waals surface area contributed by atoms with Crippen molar-refractivity contribution in [1.29, 1.82) is 0 Å². The molecule has 12 heteroatoms. The van der Waals surface area contributed by atoms with Crippen molar-refractivity contribution in [3.8, 4) is 27.9 Å². The number of rotatable bonds is 7. The number of benzene rings is 1. The lowest BCUT2D eigenvalue weighted by Gasteiger charge is -2.21. The van der Waals surface area contributed by atoms with Gasteiger partial charge in [-0.1, -0.05) is 11.6 Å². The fourth-order valence-corrected chi connectivity index (χ4v) is 4.98. The van der Waals surface area contributed by atoms with Crippen molar-refractivity contribution in [2.24, 2.45) is 0 Å². The second kappa shape index (κ2) is 10.3. The van der Waals surface area contributed by atoms with E-state index in [-0.39, 0.29) is 16.7 Å². The second-order valence-electron chi connectivity index (χ2n) is 9.01. The predicted molar refractivity (Wildman–Crippen MR) is 136 cm³/mol. The molecule has 0 saturated carbocycles. The Morgan fingerprint density at radius 3 is 2.74 bits per heavy atom. The predicted octanol–water partition coefficient (Wildman–Crippen LogP) is 4.17. The van der Waals surface area contributed by atoms with Gasteiger partial charge >= 0.3 is 0 Å². The summed E-state index contributed by atoms with van der Waals surface area (Å²) >= 11 is 6.10.